The summed E-state index contributed by atoms with van der Waals surface area (Å²) in [6, 6.07) is 5.83. The molecule has 0 saturated carbocycles. The Balaban J connectivity index is 2.16. The van der Waals surface area contributed by atoms with E-state index >= 15 is 0 Å². The monoisotopic (exact) mass is 354 g/mol. The zero-order valence-corrected chi connectivity index (χ0v) is 13.9. The molecule has 24 heavy (non-hydrogen) atoms. The Morgan fingerprint density at radius 2 is 1.96 bits per heavy atom. The van der Waals surface area contributed by atoms with E-state index in [-0.39, 0.29) is 16.7 Å². The van der Waals surface area contributed by atoms with E-state index in [2.05, 4.69) is 10.3 Å². The maximum absolute atomic E-state index is 12.2. The second kappa shape index (κ2) is 6.67. The molecular weight excluding hydrogens is 336 g/mol. The van der Waals surface area contributed by atoms with Gasteiger partial charge in [0.15, 0.2) is 0 Å². The lowest BCUT2D eigenvalue weighted by Crippen LogP contribution is -2.60. The quantitative estimate of drug-likeness (QED) is 0.383. The molecule has 0 fully saturated rings. The van der Waals surface area contributed by atoms with Gasteiger partial charge in [0.2, 0.25) is 5.91 Å². The van der Waals surface area contributed by atoms with E-state index in [1.807, 2.05) is 0 Å². The van der Waals surface area contributed by atoms with Gasteiger partial charge in [-0.3, -0.25) is 19.7 Å². The molecule has 9 nitrogen and oxygen atoms in total. The van der Waals surface area contributed by atoms with Crippen molar-refractivity contribution in [1.82, 2.24) is 5.32 Å². The normalized spacial score (nSPS) is 21.0. The zero-order valence-electron chi connectivity index (χ0n) is 13.1. The summed E-state index contributed by atoms with van der Waals surface area (Å²) in [7, 11) is -4.26. The van der Waals surface area contributed by atoms with Gasteiger partial charge in [-0.15, -0.1) is 0 Å². The number of nitrogens with zero attached hydrogens (tertiary/aromatic N) is 1. The van der Waals surface area contributed by atoms with Gasteiger partial charge in [-0.05, 0) is 30.0 Å². The average Bonchev–Trinajstić information content (AvgIpc) is 2.45. The fourth-order valence-corrected chi connectivity index (χ4v) is 3.22. The lowest BCUT2D eigenvalue weighted by Gasteiger charge is -2.32. The molecule has 2 rings (SSSR count). The van der Waals surface area contributed by atoms with Gasteiger partial charge in [-0.25, -0.2) is 0 Å². The average molecular weight is 354 g/mol. The number of aryl methyl sites for hydroxylation is 1. The second-order valence-electron chi connectivity index (χ2n) is 5.48. The minimum atomic E-state index is -4.26. The Morgan fingerprint density at radius 1 is 1.38 bits per heavy atom. The smallest absolute Gasteiger partial charge is 0.316 e. The van der Waals surface area contributed by atoms with Crippen LogP contribution < -0.4 is 21.6 Å². The fourth-order valence-electron chi connectivity index (χ4n) is 2.21. The molecule has 0 bridgehead atoms. The van der Waals surface area contributed by atoms with E-state index in [0.29, 0.717) is 0 Å². The van der Waals surface area contributed by atoms with Crippen molar-refractivity contribution in [3.63, 3.8) is 0 Å². The first-order valence-electron chi connectivity index (χ1n) is 7.05. The van der Waals surface area contributed by atoms with E-state index in [1.54, 1.807) is 19.1 Å². The first kappa shape index (κ1) is 18.0. The Morgan fingerprint density at radius 3 is 2.50 bits per heavy atom. The van der Waals surface area contributed by atoms with Crippen LogP contribution in [0.25, 0.3) is 0 Å². The number of nitrogens with one attached hydrogen (secondary N) is 1. The third kappa shape index (κ3) is 3.78. The highest BCUT2D eigenvalue weighted by molar-refractivity contribution is 7.86. The molecule has 0 aromatic heterocycles. The number of carbonyl (C=O) groups excluding carboxylic acids is 1. The summed E-state index contributed by atoms with van der Waals surface area (Å²) in [6.07, 6.45) is -2.04. The Bertz CT molecular complexity index is 788. The summed E-state index contributed by atoms with van der Waals surface area (Å²) in [6.45, 7) is 3.15. The van der Waals surface area contributed by atoms with Crippen LogP contribution in [0.4, 0.5) is 0 Å². The van der Waals surface area contributed by atoms with E-state index < -0.39 is 34.2 Å². The van der Waals surface area contributed by atoms with Crippen LogP contribution in [0.1, 0.15) is 12.5 Å². The van der Waals surface area contributed by atoms with Crippen molar-refractivity contribution in [1.29, 1.82) is 0 Å². The van der Waals surface area contributed by atoms with Crippen LogP contribution in [0.3, 0.4) is 0 Å². The minimum Gasteiger partial charge on any atom is -0.830 e. The van der Waals surface area contributed by atoms with Gasteiger partial charge in [-0.2, -0.15) is 8.42 Å². The molecule has 5 N–H and O–H groups in total. The summed E-state index contributed by atoms with van der Waals surface area (Å²) in [5.74, 6) is -3.20. The molecule has 0 aliphatic carbocycles. The molecule has 3 atom stereocenters. The summed E-state index contributed by atoms with van der Waals surface area (Å²) >= 11 is 0. The first-order chi connectivity index (χ1) is 11.1. The van der Waals surface area contributed by atoms with E-state index in [9.17, 15) is 18.3 Å². The second-order valence-corrected chi connectivity index (χ2v) is 7.05. The topological polar surface area (TPSA) is 160 Å². The number of amides is 1. The van der Waals surface area contributed by atoms with Crippen LogP contribution in [0.5, 0.6) is 0 Å². The van der Waals surface area contributed by atoms with Gasteiger partial charge in [0, 0.05) is 6.29 Å². The number of aliphatic imine (C=N–C) groups is 1. The van der Waals surface area contributed by atoms with Crippen molar-refractivity contribution in [3.8, 4) is 0 Å². The third-order valence-corrected chi connectivity index (χ3v) is 4.88. The van der Waals surface area contributed by atoms with Crippen molar-refractivity contribution < 1.29 is 27.9 Å². The predicted octanol–water partition coefficient (Wildman–Crippen LogP) is -2.76. The molecule has 3 unspecified atom stereocenters. The van der Waals surface area contributed by atoms with Gasteiger partial charge < -0.3 is 10.8 Å². The van der Waals surface area contributed by atoms with Crippen LogP contribution in [-0.4, -0.2) is 32.4 Å². The van der Waals surface area contributed by atoms with E-state index in [4.69, 9.17) is 15.3 Å². The van der Waals surface area contributed by atoms with Gasteiger partial charge in [0.25, 0.3) is 10.1 Å². The molecule has 0 saturated heterocycles. The van der Waals surface area contributed by atoms with Crippen LogP contribution in [-0.2, 0) is 19.1 Å². The maximum Gasteiger partial charge on any atom is 0.316 e. The minimum absolute atomic E-state index is 0.145. The summed E-state index contributed by atoms with van der Waals surface area (Å²) in [4.78, 5) is 15.5. The van der Waals surface area contributed by atoms with Gasteiger partial charge in [0.05, 0.1) is 4.90 Å². The highest BCUT2D eigenvalue weighted by atomic mass is 32.2. The van der Waals surface area contributed by atoms with Crippen molar-refractivity contribution in [2.75, 3.05) is 0 Å². The Kier molecular flexibility index (Phi) is 5.02. The summed E-state index contributed by atoms with van der Waals surface area (Å²) in [5.41, 5.74) is 6.21. The summed E-state index contributed by atoms with van der Waals surface area (Å²) in [5, 5.41) is 20.1. The number of amidine groups is 1. The van der Waals surface area contributed by atoms with Crippen LogP contribution in [0.2, 0.25) is 0 Å². The molecular formula is C14H18N4O5S. The van der Waals surface area contributed by atoms with Crippen molar-refractivity contribution >= 4 is 27.8 Å². The summed E-state index contributed by atoms with van der Waals surface area (Å²) < 4.78 is 29.0. The van der Waals surface area contributed by atoms with Crippen molar-refractivity contribution in [3.05, 3.63) is 29.8 Å². The lowest BCUT2D eigenvalue weighted by atomic mass is 9.90. The molecule has 1 amide bonds. The molecule has 1 heterocycles. The SMILES string of the molecule is Cc1ccc(S(=O)(=O)OC([O-])C(C)C2C(=[NH2+])N=C(N)NC2=O)cc1. The molecule has 10 heteroatoms. The number of nitrogens with two attached hydrogens (primary N) is 2. The largest absolute Gasteiger partial charge is 0.830 e. The molecule has 1 aromatic carbocycles. The maximum atomic E-state index is 12.2. The molecule has 130 valence electrons. The molecule has 0 spiro atoms. The highest BCUT2D eigenvalue weighted by Crippen LogP contribution is 2.22. The number of carbonyl (C=O) groups is 1. The lowest BCUT2D eigenvalue weighted by molar-refractivity contribution is -0.486. The molecule has 0 radical (unpaired) electrons. The number of hydrogen-bond donors (Lipinski definition) is 3. The Labute approximate surface area is 139 Å². The van der Waals surface area contributed by atoms with Crippen LogP contribution in [0.15, 0.2) is 34.2 Å². The number of benzene rings is 1. The van der Waals surface area contributed by atoms with Crippen molar-refractivity contribution in [2.45, 2.75) is 25.0 Å². The molecule has 1 aliphatic rings. The molecule has 1 aliphatic heterocycles. The van der Waals surface area contributed by atoms with Crippen LogP contribution >= 0.6 is 0 Å². The third-order valence-electron chi connectivity index (χ3n) is 3.59. The molecule has 1 aromatic rings. The number of hydrogen-bond acceptors (Lipinski definition) is 6. The predicted molar refractivity (Wildman–Crippen MR) is 82.6 cm³/mol. The standard InChI is InChI=1S/C14H17N4O5S/c1-7-3-5-9(6-4-7)24(21,22)23-13(20)8(2)10-11(15)17-14(16)18-12(10)19/h3-6,8,10,13H,1-2H3,(H4,15,16,17,18,19)/q-1/p+1. The Hall–Kier alpha value is -2.30. The fraction of sp³-hybridized carbons (Fsp3) is 0.357. The van der Waals surface area contributed by atoms with E-state index in [0.717, 1.165) is 5.56 Å². The first-order valence-corrected chi connectivity index (χ1v) is 8.46. The number of rotatable bonds is 5. The zero-order chi connectivity index (χ0) is 18.1. The highest BCUT2D eigenvalue weighted by Gasteiger charge is 2.40. The van der Waals surface area contributed by atoms with Gasteiger partial charge in [-0.1, -0.05) is 24.6 Å². The van der Waals surface area contributed by atoms with Gasteiger partial charge >= 0.3 is 11.8 Å². The van der Waals surface area contributed by atoms with Crippen LogP contribution in [0, 0.1) is 18.8 Å². The van der Waals surface area contributed by atoms with Crippen molar-refractivity contribution in [2.24, 2.45) is 22.6 Å². The number of guanidine groups is 1. The van der Waals surface area contributed by atoms with E-state index in [1.165, 1.54) is 19.1 Å². The van der Waals surface area contributed by atoms with Gasteiger partial charge in [0.1, 0.15) is 5.92 Å².